The van der Waals surface area contributed by atoms with Crippen LogP contribution < -0.4 is 0 Å². The van der Waals surface area contributed by atoms with Crippen molar-refractivity contribution in [1.29, 1.82) is 0 Å². The Morgan fingerprint density at radius 1 is 1.30 bits per heavy atom. The zero-order valence-corrected chi connectivity index (χ0v) is 11.3. The first-order valence-electron chi connectivity index (χ1n) is 6.61. The molecule has 1 aromatic heterocycles. The van der Waals surface area contributed by atoms with E-state index in [2.05, 4.69) is 15.0 Å². The van der Waals surface area contributed by atoms with Crippen molar-refractivity contribution in [3.63, 3.8) is 0 Å². The number of halogens is 1. The van der Waals surface area contributed by atoms with Gasteiger partial charge in [-0.05, 0) is 18.6 Å². The van der Waals surface area contributed by atoms with E-state index in [1.165, 1.54) is 6.07 Å². The molecule has 0 unspecified atom stereocenters. The molecule has 0 saturated carbocycles. The van der Waals surface area contributed by atoms with Crippen molar-refractivity contribution in [2.75, 3.05) is 26.3 Å². The van der Waals surface area contributed by atoms with Crippen LogP contribution in [0.1, 0.15) is 11.5 Å². The van der Waals surface area contributed by atoms with Crippen molar-refractivity contribution < 1.29 is 13.7 Å². The van der Waals surface area contributed by atoms with Crippen LogP contribution in [0.4, 0.5) is 4.39 Å². The average Bonchev–Trinajstić information content (AvgIpc) is 2.91. The fourth-order valence-corrected chi connectivity index (χ4v) is 2.12. The monoisotopic (exact) mass is 277 g/mol. The van der Waals surface area contributed by atoms with Gasteiger partial charge in [-0.3, -0.25) is 4.90 Å². The first kappa shape index (κ1) is 13.2. The summed E-state index contributed by atoms with van der Waals surface area (Å²) in [6.45, 7) is 5.49. The van der Waals surface area contributed by atoms with Crippen molar-refractivity contribution in [3.8, 4) is 11.4 Å². The number of hydrogen-bond acceptors (Lipinski definition) is 5. The van der Waals surface area contributed by atoms with Gasteiger partial charge in [0.2, 0.25) is 11.7 Å². The Balaban J connectivity index is 1.73. The van der Waals surface area contributed by atoms with E-state index in [0.717, 1.165) is 26.3 Å². The molecule has 0 radical (unpaired) electrons. The van der Waals surface area contributed by atoms with Crippen LogP contribution in [0.3, 0.4) is 0 Å². The van der Waals surface area contributed by atoms with Crippen LogP contribution in [0.2, 0.25) is 0 Å². The second kappa shape index (κ2) is 5.68. The van der Waals surface area contributed by atoms with Crippen LogP contribution in [-0.2, 0) is 11.3 Å². The zero-order chi connectivity index (χ0) is 13.9. The van der Waals surface area contributed by atoms with Gasteiger partial charge in [0.15, 0.2) is 0 Å². The van der Waals surface area contributed by atoms with Gasteiger partial charge in [0, 0.05) is 18.7 Å². The SMILES string of the molecule is Cc1ccc(-c2noc(CN3CCOCC3)n2)cc1F. The lowest BCUT2D eigenvalue weighted by molar-refractivity contribution is 0.0297. The molecule has 0 atom stereocenters. The molecule has 0 bridgehead atoms. The average molecular weight is 277 g/mol. The summed E-state index contributed by atoms with van der Waals surface area (Å²) < 4.78 is 24.0. The topological polar surface area (TPSA) is 51.4 Å². The van der Waals surface area contributed by atoms with Crippen molar-refractivity contribution in [1.82, 2.24) is 15.0 Å². The van der Waals surface area contributed by atoms with Gasteiger partial charge in [0.25, 0.3) is 0 Å². The van der Waals surface area contributed by atoms with Gasteiger partial charge in [-0.2, -0.15) is 4.98 Å². The molecular formula is C14H16FN3O2. The summed E-state index contributed by atoms with van der Waals surface area (Å²) in [5, 5.41) is 3.91. The molecule has 1 aromatic carbocycles. The Bertz CT molecular complexity index is 594. The maximum atomic E-state index is 13.5. The molecule has 0 N–H and O–H groups in total. The van der Waals surface area contributed by atoms with E-state index in [-0.39, 0.29) is 5.82 Å². The summed E-state index contributed by atoms with van der Waals surface area (Å²) in [7, 11) is 0. The van der Waals surface area contributed by atoms with E-state index in [0.29, 0.717) is 29.4 Å². The molecule has 0 aliphatic carbocycles. The Labute approximate surface area is 116 Å². The number of morpholine rings is 1. The third kappa shape index (κ3) is 2.86. The standard InChI is InChI=1S/C14H16FN3O2/c1-10-2-3-11(8-12(10)15)14-16-13(20-17-14)9-18-4-6-19-7-5-18/h2-3,8H,4-7,9H2,1H3. The Hall–Kier alpha value is -1.79. The van der Waals surface area contributed by atoms with Gasteiger partial charge in [-0.25, -0.2) is 4.39 Å². The molecule has 0 spiro atoms. The number of ether oxygens (including phenoxy) is 1. The van der Waals surface area contributed by atoms with Crippen molar-refractivity contribution in [2.45, 2.75) is 13.5 Å². The number of benzene rings is 1. The van der Waals surface area contributed by atoms with Gasteiger partial charge in [-0.15, -0.1) is 0 Å². The van der Waals surface area contributed by atoms with Gasteiger partial charge in [0.1, 0.15) is 5.82 Å². The summed E-state index contributed by atoms with van der Waals surface area (Å²) in [5.74, 6) is 0.706. The molecule has 20 heavy (non-hydrogen) atoms. The minimum atomic E-state index is -0.262. The highest BCUT2D eigenvalue weighted by Crippen LogP contribution is 2.19. The molecule has 1 fully saturated rings. The lowest BCUT2D eigenvalue weighted by Gasteiger charge is -2.24. The fourth-order valence-electron chi connectivity index (χ4n) is 2.12. The van der Waals surface area contributed by atoms with Crippen LogP contribution in [0, 0.1) is 12.7 Å². The van der Waals surface area contributed by atoms with Crippen molar-refractivity contribution in [3.05, 3.63) is 35.5 Å². The van der Waals surface area contributed by atoms with E-state index >= 15 is 0 Å². The predicted octanol–water partition coefficient (Wildman–Crippen LogP) is 2.02. The smallest absolute Gasteiger partial charge is 0.241 e. The van der Waals surface area contributed by atoms with E-state index in [1.54, 1.807) is 19.1 Å². The van der Waals surface area contributed by atoms with E-state index in [9.17, 15) is 4.39 Å². The quantitative estimate of drug-likeness (QED) is 0.859. The lowest BCUT2D eigenvalue weighted by atomic mass is 10.1. The number of nitrogens with zero attached hydrogens (tertiary/aromatic N) is 3. The third-order valence-electron chi connectivity index (χ3n) is 3.36. The highest BCUT2D eigenvalue weighted by molar-refractivity contribution is 5.54. The maximum Gasteiger partial charge on any atom is 0.241 e. The maximum absolute atomic E-state index is 13.5. The molecule has 2 aromatic rings. The Kier molecular flexibility index (Phi) is 3.75. The molecule has 6 heteroatoms. The number of rotatable bonds is 3. The Morgan fingerprint density at radius 3 is 2.85 bits per heavy atom. The van der Waals surface area contributed by atoms with Crippen LogP contribution in [0.5, 0.6) is 0 Å². The van der Waals surface area contributed by atoms with Crippen LogP contribution >= 0.6 is 0 Å². The Morgan fingerprint density at radius 2 is 2.10 bits per heavy atom. The first-order chi connectivity index (χ1) is 9.72. The minimum absolute atomic E-state index is 0.262. The summed E-state index contributed by atoms with van der Waals surface area (Å²) >= 11 is 0. The highest BCUT2D eigenvalue weighted by atomic mass is 19.1. The molecule has 2 heterocycles. The predicted molar refractivity (Wildman–Crippen MR) is 70.5 cm³/mol. The second-order valence-corrected chi connectivity index (χ2v) is 4.86. The van der Waals surface area contributed by atoms with Crippen molar-refractivity contribution in [2.24, 2.45) is 0 Å². The molecule has 106 valence electrons. The summed E-state index contributed by atoms with van der Waals surface area (Å²) in [6, 6.07) is 4.93. The van der Waals surface area contributed by atoms with Gasteiger partial charge in [0.05, 0.1) is 19.8 Å². The van der Waals surface area contributed by atoms with E-state index < -0.39 is 0 Å². The molecule has 1 aliphatic heterocycles. The molecule has 1 saturated heterocycles. The number of aromatic nitrogens is 2. The molecular weight excluding hydrogens is 261 g/mol. The minimum Gasteiger partial charge on any atom is -0.379 e. The van der Waals surface area contributed by atoms with Gasteiger partial charge >= 0.3 is 0 Å². The highest BCUT2D eigenvalue weighted by Gasteiger charge is 2.15. The largest absolute Gasteiger partial charge is 0.379 e. The first-order valence-corrected chi connectivity index (χ1v) is 6.61. The third-order valence-corrected chi connectivity index (χ3v) is 3.36. The molecule has 5 nitrogen and oxygen atoms in total. The van der Waals surface area contributed by atoms with E-state index in [4.69, 9.17) is 9.26 Å². The van der Waals surface area contributed by atoms with Crippen LogP contribution in [-0.4, -0.2) is 41.3 Å². The van der Waals surface area contributed by atoms with Crippen LogP contribution in [0.25, 0.3) is 11.4 Å². The molecule has 3 rings (SSSR count). The van der Waals surface area contributed by atoms with Gasteiger partial charge < -0.3 is 9.26 Å². The number of hydrogen-bond donors (Lipinski definition) is 0. The molecule has 1 aliphatic rings. The summed E-state index contributed by atoms with van der Waals surface area (Å²) in [5.41, 5.74) is 1.23. The lowest BCUT2D eigenvalue weighted by Crippen LogP contribution is -2.35. The van der Waals surface area contributed by atoms with E-state index in [1.807, 2.05) is 0 Å². The summed E-state index contributed by atoms with van der Waals surface area (Å²) in [4.78, 5) is 6.51. The normalized spacial score (nSPS) is 16.5. The molecule has 0 amide bonds. The van der Waals surface area contributed by atoms with Crippen LogP contribution in [0.15, 0.2) is 22.7 Å². The summed E-state index contributed by atoms with van der Waals surface area (Å²) in [6.07, 6.45) is 0. The fraction of sp³-hybridized carbons (Fsp3) is 0.429. The second-order valence-electron chi connectivity index (χ2n) is 4.86. The number of aryl methyl sites for hydroxylation is 1. The van der Waals surface area contributed by atoms with Crippen molar-refractivity contribution >= 4 is 0 Å². The van der Waals surface area contributed by atoms with Gasteiger partial charge in [-0.1, -0.05) is 17.3 Å². The zero-order valence-electron chi connectivity index (χ0n) is 11.3.